The van der Waals surface area contributed by atoms with Crippen LogP contribution in [0.25, 0.3) is 0 Å². The van der Waals surface area contributed by atoms with Gasteiger partial charge < -0.3 is 9.84 Å². The van der Waals surface area contributed by atoms with E-state index in [1.165, 1.54) is 6.20 Å². The third-order valence-electron chi connectivity index (χ3n) is 2.84. The molecule has 0 radical (unpaired) electrons. The predicted molar refractivity (Wildman–Crippen MR) is 65.8 cm³/mol. The van der Waals surface area contributed by atoms with Crippen molar-refractivity contribution in [2.24, 2.45) is 0 Å². The molecule has 90 valence electrons. The lowest BCUT2D eigenvalue weighted by atomic mass is 9.95. The van der Waals surface area contributed by atoms with Crippen molar-refractivity contribution in [1.29, 1.82) is 0 Å². The Morgan fingerprint density at radius 1 is 1.69 bits per heavy atom. The average Bonchev–Trinajstić information content (AvgIpc) is 2.65. The Balaban J connectivity index is 2.73. The minimum Gasteiger partial charge on any atom is -0.361 e. The average molecular weight is 289 g/mol. The van der Waals surface area contributed by atoms with E-state index in [0.717, 1.165) is 18.2 Å². The first-order chi connectivity index (χ1) is 7.52. The van der Waals surface area contributed by atoms with E-state index in [1.807, 2.05) is 6.92 Å². The van der Waals surface area contributed by atoms with Gasteiger partial charge in [-0.25, -0.2) is 0 Å². The van der Waals surface area contributed by atoms with E-state index in [2.05, 4.69) is 33.3 Å². The summed E-state index contributed by atoms with van der Waals surface area (Å²) >= 11 is 3.40. The topological polar surface area (TPSA) is 55.1 Å². The zero-order chi connectivity index (χ0) is 12.2. The minimum atomic E-state index is -0.190. The molecular formula is C11H17BrN2O2. The van der Waals surface area contributed by atoms with Gasteiger partial charge in [-0.2, -0.15) is 0 Å². The van der Waals surface area contributed by atoms with Crippen LogP contribution in [0.1, 0.15) is 42.8 Å². The van der Waals surface area contributed by atoms with E-state index in [4.69, 9.17) is 4.52 Å². The summed E-state index contributed by atoms with van der Waals surface area (Å²) in [6.45, 7) is 5.83. The largest absolute Gasteiger partial charge is 0.361 e. The van der Waals surface area contributed by atoms with E-state index < -0.39 is 0 Å². The molecule has 0 aliphatic carbocycles. The first-order valence-corrected chi connectivity index (χ1v) is 6.44. The third-order valence-corrected chi connectivity index (χ3v) is 3.23. The Hall–Kier alpha value is -0.840. The Labute approximate surface area is 104 Å². The predicted octanol–water partition coefficient (Wildman–Crippen LogP) is 2.67. The molecule has 1 unspecified atom stereocenters. The van der Waals surface area contributed by atoms with E-state index in [1.54, 1.807) is 6.92 Å². The number of hydrogen-bond acceptors (Lipinski definition) is 3. The monoisotopic (exact) mass is 288 g/mol. The second kappa shape index (κ2) is 5.48. The molecule has 1 aromatic heterocycles. The van der Waals surface area contributed by atoms with Crippen LogP contribution in [0.3, 0.4) is 0 Å². The molecule has 1 heterocycles. The molecule has 0 saturated carbocycles. The van der Waals surface area contributed by atoms with Crippen LogP contribution in [0.2, 0.25) is 0 Å². The molecular weight excluding hydrogens is 272 g/mol. The van der Waals surface area contributed by atoms with Gasteiger partial charge >= 0.3 is 0 Å². The fraction of sp³-hybridized carbons (Fsp3) is 0.636. The molecule has 1 rings (SSSR count). The van der Waals surface area contributed by atoms with Crippen molar-refractivity contribution >= 4 is 21.8 Å². The van der Waals surface area contributed by atoms with Crippen LogP contribution >= 0.6 is 15.9 Å². The molecule has 16 heavy (non-hydrogen) atoms. The molecule has 1 amide bonds. The van der Waals surface area contributed by atoms with E-state index >= 15 is 0 Å². The number of carbonyl (C=O) groups is 1. The molecule has 1 N–H and O–H groups in total. The zero-order valence-corrected chi connectivity index (χ0v) is 11.4. The first-order valence-electron chi connectivity index (χ1n) is 5.32. The highest BCUT2D eigenvalue weighted by Crippen LogP contribution is 2.17. The molecule has 4 nitrogen and oxygen atoms in total. The molecule has 0 aliphatic rings. The summed E-state index contributed by atoms with van der Waals surface area (Å²) in [4.78, 5) is 11.9. The van der Waals surface area contributed by atoms with Gasteiger partial charge in [0.25, 0.3) is 5.91 Å². The van der Waals surface area contributed by atoms with Crippen molar-refractivity contribution in [3.8, 4) is 0 Å². The number of amides is 1. The second-order valence-electron chi connectivity index (χ2n) is 4.10. The quantitative estimate of drug-likeness (QED) is 0.848. The number of nitrogens with one attached hydrogen (secondary N) is 1. The van der Waals surface area contributed by atoms with E-state index in [0.29, 0.717) is 11.3 Å². The standard InChI is InChI=1S/C11H17BrN2O2/c1-4-11(3,5-6-12)14-10(15)9-7-13-16-8(9)2/h7H,4-6H2,1-3H3,(H,14,15). The highest BCUT2D eigenvalue weighted by Gasteiger charge is 2.25. The number of alkyl halides is 1. The number of rotatable bonds is 5. The van der Waals surface area contributed by atoms with Crippen LogP contribution in [-0.2, 0) is 0 Å². The van der Waals surface area contributed by atoms with E-state index in [-0.39, 0.29) is 11.4 Å². The first kappa shape index (κ1) is 13.2. The molecule has 0 aromatic carbocycles. The van der Waals surface area contributed by atoms with Crippen molar-refractivity contribution in [3.05, 3.63) is 17.5 Å². The smallest absolute Gasteiger partial charge is 0.256 e. The summed E-state index contributed by atoms with van der Waals surface area (Å²) in [5, 5.41) is 7.48. The zero-order valence-electron chi connectivity index (χ0n) is 9.84. The molecule has 5 heteroatoms. The number of nitrogens with zero attached hydrogens (tertiary/aromatic N) is 1. The second-order valence-corrected chi connectivity index (χ2v) is 4.90. The Morgan fingerprint density at radius 3 is 2.81 bits per heavy atom. The number of aromatic nitrogens is 1. The summed E-state index contributed by atoms with van der Waals surface area (Å²) in [6.07, 6.45) is 3.23. The fourth-order valence-electron chi connectivity index (χ4n) is 1.39. The highest BCUT2D eigenvalue weighted by atomic mass is 79.9. The van der Waals surface area contributed by atoms with Gasteiger partial charge in [0.2, 0.25) is 0 Å². The molecule has 0 aliphatic heterocycles. The van der Waals surface area contributed by atoms with Gasteiger partial charge in [-0.15, -0.1) is 0 Å². The minimum absolute atomic E-state index is 0.121. The molecule has 0 spiro atoms. The summed E-state index contributed by atoms with van der Waals surface area (Å²) in [7, 11) is 0. The van der Waals surface area contributed by atoms with Gasteiger partial charge in [0.1, 0.15) is 11.3 Å². The lowest BCUT2D eigenvalue weighted by Gasteiger charge is -2.28. The van der Waals surface area contributed by atoms with Crippen molar-refractivity contribution < 1.29 is 9.32 Å². The maximum absolute atomic E-state index is 11.9. The number of carbonyl (C=O) groups excluding carboxylic acids is 1. The van der Waals surface area contributed by atoms with Gasteiger partial charge in [-0.05, 0) is 26.7 Å². The Kier molecular flexibility index (Phi) is 4.53. The van der Waals surface area contributed by atoms with Crippen molar-refractivity contribution in [1.82, 2.24) is 10.5 Å². The number of halogens is 1. The Bertz CT molecular complexity index is 365. The Morgan fingerprint density at radius 2 is 2.38 bits per heavy atom. The number of hydrogen-bond donors (Lipinski definition) is 1. The molecule has 0 fully saturated rings. The van der Waals surface area contributed by atoms with Crippen LogP contribution in [0.15, 0.2) is 10.7 Å². The maximum Gasteiger partial charge on any atom is 0.256 e. The summed E-state index contributed by atoms with van der Waals surface area (Å²) in [5.41, 5.74) is 0.318. The third kappa shape index (κ3) is 3.07. The molecule has 0 bridgehead atoms. The van der Waals surface area contributed by atoms with Gasteiger partial charge in [-0.1, -0.05) is 28.0 Å². The fourth-order valence-corrected chi connectivity index (χ4v) is 2.27. The summed E-state index contributed by atoms with van der Waals surface area (Å²) < 4.78 is 4.87. The van der Waals surface area contributed by atoms with Crippen LogP contribution in [0, 0.1) is 6.92 Å². The lowest BCUT2D eigenvalue weighted by Crippen LogP contribution is -2.45. The van der Waals surface area contributed by atoms with Crippen LogP contribution < -0.4 is 5.32 Å². The van der Waals surface area contributed by atoms with Gasteiger partial charge in [0.15, 0.2) is 0 Å². The highest BCUT2D eigenvalue weighted by molar-refractivity contribution is 9.09. The normalized spacial score (nSPS) is 14.5. The van der Waals surface area contributed by atoms with Gasteiger partial charge in [0.05, 0.1) is 6.20 Å². The van der Waals surface area contributed by atoms with Crippen molar-refractivity contribution in [2.75, 3.05) is 5.33 Å². The van der Waals surface area contributed by atoms with Crippen molar-refractivity contribution in [3.63, 3.8) is 0 Å². The maximum atomic E-state index is 11.9. The summed E-state index contributed by atoms with van der Waals surface area (Å²) in [5.74, 6) is 0.429. The van der Waals surface area contributed by atoms with E-state index in [9.17, 15) is 4.79 Å². The van der Waals surface area contributed by atoms with Crippen LogP contribution in [0.5, 0.6) is 0 Å². The SMILES string of the molecule is CCC(C)(CCBr)NC(=O)c1cnoc1C. The number of aryl methyl sites for hydroxylation is 1. The van der Waals surface area contributed by atoms with Crippen LogP contribution in [-0.4, -0.2) is 21.9 Å². The lowest BCUT2D eigenvalue weighted by molar-refractivity contribution is 0.0900. The molecule has 1 aromatic rings. The van der Waals surface area contributed by atoms with Crippen LogP contribution in [0.4, 0.5) is 0 Å². The van der Waals surface area contributed by atoms with Gasteiger partial charge in [-0.3, -0.25) is 4.79 Å². The van der Waals surface area contributed by atoms with Crippen molar-refractivity contribution in [2.45, 2.75) is 39.2 Å². The van der Waals surface area contributed by atoms with Gasteiger partial charge in [0, 0.05) is 10.9 Å². The summed E-state index contributed by atoms with van der Waals surface area (Å²) in [6, 6.07) is 0. The molecule has 0 saturated heterocycles. The molecule has 1 atom stereocenters.